The molecule has 0 fully saturated rings. The van der Waals surface area contributed by atoms with Crippen LogP contribution in [-0.4, -0.2) is 34.2 Å². The standard InChI is InChI=1S/C13H22N2O3S.ClH/c1-13(2,10-14)15-19(16,17)12-6-4-11(5-7-12)8-9-18-3;/h4-7,15H,8-10,14H2,1-3H3;1H. The fraction of sp³-hybridized carbons (Fsp3) is 0.538. The summed E-state index contributed by atoms with van der Waals surface area (Å²) in [6.45, 7) is 4.34. The molecular formula is C13H23ClN2O3S. The first kappa shape index (κ1) is 19.3. The van der Waals surface area contributed by atoms with E-state index >= 15 is 0 Å². The molecule has 0 aliphatic carbocycles. The summed E-state index contributed by atoms with van der Waals surface area (Å²) in [7, 11) is -1.89. The molecule has 1 rings (SSSR count). The molecule has 0 unspecified atom stereocenters. The molecule has 7 heteroatoms. The minimum Gasteiger partial charge on any atom is -0.384 e. The van der Waals surface area contributed by atoms with Crippen LogP contribution in [0.5, 0.6) is 0 Å². The van der Waals surface area contributed by atoms with Crippen molar-refractivity contribution in [2.75, 3.05) is 20.3 Å². The van der Waals surface area contributed by atoms with Crippen molar-refractivity contribution in [3.05, 3.63) is 29.8 Å². The molecule has 0 saturated carbocycles. The lowest BCUT2D eigenvalue weighted by Gasteiger charge is -2.23. The molecule has 116 valence electrons. The molecule has 0 aliphatic rings. The largest absolute Gasteiger partial charge is 0.384 e. The van der Waals surface area contributed by atoms with E-state index in [0.29, 0.717) is 6.61 Å². The van der Waals surface area contributed by atoms with E-state index in [2.05, 4.69) is 4.72 Å². The summed E-state index contributed by atoms with van der Waals surface area (Å²) >= 11 is 0. The highest BCUT2D eigenvalue weighted by Gasteiger charge is 2.24. The lowest BCUT2D eigenvalue weighted by Crippen LogP contribution is -2.48. The van der Waals surface area contributed by atoms with Gasteiger partial charge in [0.25, 0.3) is 0 Å². The summed E-state index contributed by atoms with van der Waals surface area (Å²) in [5.74, 6) is 0. The summed E-state index contributed by atoms with van der Waals surface area (Å²) < 4.78 is 31.8. The molecule has 1 aromatic rings. The number of sulfonamides is 1. The van der Waals surface area contributed by atoms with E-state index in [0.717, 1.165) is 12.0 Å². The number of nitrogens with one attached hydrogen (secondary N) is 1. The van der Waals surface area contributed by atoms with Crippen LogP contribution in [0.25, 0.3) is 0 Å². The van der Waals surface area contributed by atoms with E-state index in [1.54, 1.807) is 45.2 Å². The predicted molar refractivity (Wildman–Crippen MR) is 82.7 cm³/mol. The van der Waals surface area contributed by atoms with Gasteiger partial charge in [-0.15, -0.1) is 12.4 Å². The van der Waals surface area contributed by atoms with Gasteiger partial charge in [0, 0.05) is 19.2 Å². The molecule has 0 atom stereocenters. The second-order valence-corrected chi connectivity index (χ2v) is 6.76. The second-order valence-electron chi connectivity index (χ2n) is 5.08. The number of halogens is 1. The minimum absolute atomic E-state index is 0. The van der Waals surface area contributed by atoms with Crippen molar-refractivity contribution in [2.24, 2.45) is 5.73 Å². The average Bonchev–Trinajstić information content (AvgIpc) is 2.35. The number of methoxy groups -OCH3 is 1. The van der Waals surface area contributed by atoms with Gasteiger partial charge >= 0.3 is 0 Å². The maximum atomic E-state index is 12.1. The van der Waals surface area contributed by atoms with E-state index in [-0.39, 0.29) is 23.8 Å². The molecule has 0 saturated heterocycles. The van der Waals surface area contributed by atoms with Gasteiger partial charge in [0.1, 0.15) is 0 Å². The van der Waals surface area contributed by atoms with E-state index < -0.39 is 15.6 Å². The van der Waals surface area contributed by atoms with E-state index in [4.69, 9.17) is 10.5 Å². The van der Waals surface area contributed by atoms with Crippen molar-refractivity contribution in [3.63, 3.8) is 0 Å². The van der Waals surface area contributed by atoms with Gasteiger partial charge < -0.3 is 10.5 Å². The highest BCUT2D eigenvalue weighted by molar-refractivity contribution is 7.89. The zero-order valence-corrected chi connectivity index (χ0v) is 13.7. The third kappa shape index (κ3) is 5.76. The molecule has 0 radical (unpaired) electrons. The van der Waals surface area contributed by atoms with Crippen molar-refractivity contribution in [1.82, 2.24) is 4.72 Å². The van der Waals surface area contributed by atoms with Crippen LogP contribution in [0.3, 0.4) is 0 Å². The van der Waals surface area contributed by atoms with Gasteiger partial charge in [-0.05, 0) is 38.0 Å². The Hall–Kier alpha value is -0.660. The second kappa shape index (κ2) is 7.95. The molecule has 0 aliphatic heterocycles. The lowest BCUT2D eigenvalue weighted by molar-refractivity contribution is 0.202. The molecule has 20 heavy (non-hydrogen) atoms. The summed E-state index contributed by atoms with van der Waals surface area (Å²) in [5.41, 5.74) is 5.91. The SMILES string of the molecule is COCCc1ccc(S(=O)(=O)NC(C)(C)CN)cc1.Cl. The van der Waals surface area contributed by atoms with Crippen LogP contribution in [-0.2, 0) is 21.2 Å². The first-order valence-corrected chi connectivity index (χ1v) is 7.61. The van der Waals surface area contributed by atoms with Crippen LogP contribution in [0.1, 0.15) is 19.4 Å². The first-order valence-electron chi connectivity index (χ1n) is 6.13. The van der Waals surface area contributed by atoms with Gasteiger partial charge in [-0.25, -0.2) is 13.1 Å². The first-order chi connectivity index (χ1) is 8.80. The number of benzene rings is 1. The molecule has 0 spiro atoms. The monoisotopic (exact) mass is 322 g/mol. The third-order valence-corrected chi connectivity index (χ3v) is 4.46. The Morgan fingerprint density at radius 2 is 1.80 bits per heavy atom. The zero-order valence-electron chi connectivity index (χ0n) is 12.0. The summed E-state index contributed by atoms with van der Waals surface area (Å²) in [5, 5.41) is 0. The minimum atomic E-state index is -3.53. The summed E-state index contributed by atoms with van der Waals surface area (Å²) in [4.78, 5) is 0.246. The van der Waals surface area contributed by atoms with Crippen LogP contribution in [0.15, 0.2) is 29.2 Å². The van der Waals surface area contributed by atoms with Crippen LogP contribution in [0.2, 0.25) is 0 Å². The zero-order chi connectivity index (χ0) is 14.5. The van der Waals surface area contributed by atoms with Crippen molar-refractivity contribution in [1.29, 1.82) is 0 Å². The maximum Gasteiger partial charge on any atom is 0.241 e. The molecule has 0 bridgehead atoms. The van der Waals surface area contributed by atoms with Gasteiger partial charge in [-0.1, -0.05) is 12.1 Å². The van der Waals surface area contributed by atoms with Crippen LogP contribution < -0.4 is 10.5 Å². The van der Waals surface area contributed by atoms with Crippen LogP contribution in [0.4, 0.5) is 0 Å². The summed E-state index contributed by atoms with van der Waals surface area (Å²) in [6, 6.07) is 6.78. The normalized spacial score (nSPS) is 12.0. The average molecular weight is 323 g/mol. The van der Waals surface area contributed by atoms with Crippen molar-refractivity contribution in [3.8, 4) is 0 Å². The Labute approximate surface area is 127 Å². The van der Waals surface area contributed by atoms with Gasteiger partial charge in [0.05, 0.1) is 11.5 Å². The highest BCUT2D eigenvalue weighted by atomic mass is 35.5. The van der Waals surface area contributed by atoms with E-state index in [1.807, 2.05) is 0 Å². The molecule has 0 aromatic heterocycles. The van der Waals surface area contributed by atoms with Gasteiger partial charge in [0.2, 0.25) is 10.0 Å². The number of hydrogen-bond acceptors (Lipinski definition) is 4. The van der Waals surface area contributed by atoms with Crippen LogP contribution >= 0.6 is 12.4 Å². The Morgan fingerprint density at radius 1 is 1.25 bits per heavy atom. The molecule has 1 aromatic carbocycles. The Kier molecular flexibility index (Phi) is 7.69. The van der Waals surface area contributed by atoms with E-state index in [9.17, 15) is 8.42 Å². The Balaban J connectivity index is 0.00000361. The van der Waals surface area contributed by atoms with Gasteiger partial charge in [0.15, 0.2) is 0 Å². The number of rotatable bonds is 7. The smallest absolute Gasteiger partial charge is 0.241 e. The van der Waals surface area contributed by atoms with Crippen molar-refractivity contribution in [2.45, 2.75) is 30.7 Å². The fourth-order valence-corrected chi connectivity index (χ4v) is 2.94. The van der Waals surface area contributed by atoms with Gasteiger partial charge in [-0.2, -0.15) is 0 Å². The number of ether oxygens (including phenoxy) is 1. The maximum absolute atomic E-state index is 12.1. The van der Waals surface area contributed by atoms with Gasteiger partial charge in [-0.3, -0.25) is 0 Å². The Morgan fingerprint density at radius 3 is 2.25 bits per heavy atom. The van der Waals surface area contributed by atoms with Crippen LogP contribution in [0, 0.1) is 0 Å². The quantitative estimate of drug-likeness (QED) is 0.793. The summed E-state index contributed by atoms with van der Waals surface area (Å²) in [6.07, 6.45) is 0.762. The molecule has 0 amide bonds. The predicted octanol–water partition coefficient (Wildman–Crippen LogP) is 1.31. The molecule has 3 N–H and O–H groups in total. The van der Waals surface area contributed by atoms with Crippen molar-refractivity contribution < 1.29 is 13.2 Å². The third-order valence-electron chi connectivity index (χ3n) is 2.75. The fourth-order valence-electron chi connectivity index (χ4n) is 1.52. The van der Waals surface area contributed by atoms with Crippen molar-refractivity contribution >= 4 is 22.4 Å². The lowest BCUT2D eigenvalue weighted by atomic mass is 10.1. The topological polar surface area (TPSA) is 81.4 Å². The molecule has 5 nitrogen and oxygen atoms in total. The Bertz CT molecular complexity index is 501. The number of nitrogens with two attached hydrogens (primary N) is 1. The highest BCUT2D eigenvalue weighted by Crippen LogP contribution is 2.14. The number of hydrogen-bond donors (Lipinski definition) is 2. The molecule has 0 heterocycles. The molecular weight excluding hydrogens is 300 g/mol. The van der Waals surface area contributed by atoms with E-state index in [1.165, 1.54) is 0 Å².